The minimum absolute atomic E-state index is 0.00172. The van der Waals surface area contributed by atoms with E-state index in [-0.39, 0.29) is 24.4 Å². The van der Waals surface area contributed by atoms with Crippen LogP contribution >= 0.6 is 0 Å². The van der Waals surface area contributed by atoms with Crippen LogP contribution in [0.5, 0.6) is 5.75 Å². The maximum absolute atomic E-state index is 12.9. The first kappa shape index (κ1) is 19.0. The van der Waals surface area contributed by atoms with Crippen LogP contribution in [0.1, 0.15) is 40.9 Å². The Labute approximate surface area is 170 Å². The molecule has 5 nitrogen and oxygen atoms in total. The zero-order valence-electron chi connectivity index (χ0n) is 16.9. The second-order valence-corrected chi connectivity index (χ2v) is 7.33. The van der Waals surface area contributed by atoms with Crippen LogP contribution in [0.3, 0.4) is 0 Å². The van der Waals surface area contributed by atoms with Crippen LogP contribution in [0, 0.1) is 6.92 Å². The van der Waals surface area contributed by atoms with E-state index in [1.54, 1.807) is 12.0 Å². The van der Waals surface area contributed by atoms with Crippen molar-refractivity contribution >= 4 is 28.3 Å². The maximum atomic E-state index is 12.9. The highest BCUT2D eigenvalue weighted by atomic mass is 16.5. The average molecular weight is 388 g/mol. The number of aryl methyl sites for hydroxylation is 1. The molecule has 148 valence electrons. The number of amides is 2. The highest BCUT2D eigenvalue weighted by Crippen LogP contribution is 2.37. The van der Waals surface area contributed by atoms with Gasteiger partial charge in [-0.2, -0.15) is 0 Å². The molecule has 3 aromatic carbocycles. The van der Waals surface area contributed by atoms with Crippen LogP contribution in [-0.4, -0.2) is 25.5 Å². The highest BCUT2D eigenvalue weighted by Gasteiger charge is 2.31. The van der Waals surface area contributed by atoms with Crippen molar-refractivity contribution < 1.29 is 14.3 Å². The van der Waals surface area contributed by atoms with Gasteiger partial charge in [0, 0.05) is 10.9 Å². The number of methoxy groups -OCH3 is 1. The molecule has 1 N–H and O–H groups in total. The first-order valence-electron chi connectivity index (χ1n) is 9.81. The van der Waals surface area contributed by atoms with E-state index < -0.39 is 0 Å². The van der Waals surface area contributed by atoms with Crippen molar-refractivity contribution in [1.29, 1.82) is 0 Å². The van der Waals surface area contributed by atoms with Crippen molar-refractivity contribution in [2.75, 3.05) is 18.6 Å². The van der Waals surface area contributed by atoms with Gasteiger partial charge in [0.15, 0.2) is 0 Å². The van der Waals surface area contributed by atoms with Gasteiger partial charge in [0.05, 0.1) is 18.8 Å². The normalized spacial score (nSPS) is 13.6. The van der Waals surface area contributed by atoms with Gasteiger partial charge >= 0.3 is 0 Å². The lowest BCUT2D eigenvalue weighted by Gasteiger charge is -2.22. The van der Waals surface area contributed by atoms with E-state index >= 15 is 0 Å². The minimum Gasteiger partial charge on any atom is -0.496 e. The fourth-order valence-corrected chi connectivity index (χ4v) is 4.06. The number of benzene rings is 3. The summed E-state index contributed by atoms with van der Waals surface area (Å²) in [5, 5.41) is 5.01. The predicted octanol–water partition coefficient (Wildman–Crippen LogP) is 4.38. The Kier molecular flexibility index (Phi) is 4.97. The molecule has 0 saturated heterocycles. The third kappa shape index (κ3) is 3.33. The summed E-state index contributed by atoms with van der Waals surface area (Å²) < 4.78 is 5.32. The monoisotopic (exact) mass is 388 g/mol. The number of anilines is 1. The molecule has 0 unspecified atom stereocenters. The molecule has 1 heterocycles. The molecule has 0 bridgehead atoms. The largest absolute Gasteiger partial charge is 0.496 e. The van der Waals surface area contributed by atoms with Crippen LogP contribution in [0.2, 0.25) is 0 Å². The summed E-state index contributed by atoms with van der Waals surface area (Å²) in [5.41, 5.74) is 3.50. The molecular formula is C24H24N2O3. The van der Waals surface area contributed by atoms with Crippen molar-refractivity contribution in [3.63, 3.8) is 0 Å². The average Bonchev–Trinajstić information content (AvgIpc) is 3.00. The van der Waals surface area contributed by atoms with Gasteiger partial charge in [-0.05, 0) is 48.1 Å². The van der Waals surface area contributed by atoms with Gasteiger partial charge in [-0.1, -0.05) is 43.3 Å². The highest BCUT2D eigenvalue weighted by molar-refractivity contribution is 6.26. The van der Waals surface area contributed by atoms with Crippen molar-refractivity contribution in [2.45, 2.75) is 26.3 Å². The van der Waals surface area contributed by atoms with E-state index in [2.05, 4.69) is 5.32 Å². The van der Waals surface area contributed by atoms with Crippen LogP contribution in [0.15, 0.2) is 54.6 Å². The van der Waals surface area contributed by atoms with Crippen molar-refractivity contribution in [3.05, 3.63) is 71.3 Å². The Morgan fingerprint density at radius 1 is 1.14 bits per heavy atom. The van der Waals surface area contributed by atoms with E-state index in [0.29, 0.717) is 5.56 Å². The molecule has 0 fully saturated rings. The van der Waals surface area contributed by atoms with Gasteiger partial charge < -0.3 is 10.1 Å². The SMILES string of the molecule is CC[C@H](NC(=O)CN1C(=O)c2cccc3cccc1c23)c1ccc(OC)c(C)c1. The van der Waals surface area contributed by atoms with Crippen LogP contribution in [0.25, 0.3) is 10.8 Å². The predicted molar refractivity (Wildman–Crippen MR) is 115 cm³/mol. The molecule has 1 aliphatic rings. The molecule has 3 aromatic rings. The third-order valence-electron chi connectivity index (χ3n) is 5.52. The van der Waals surface area contributed by atoms with Crippen LogP contribution in [0.4, 0.5) is 5.69 Å². The molecule has 2 amide bonds. The maximum Gasteiger partial charge on any atom is 0.259 e. The Bertz CT molecular complexity index is 1100. The molecule has 0 aliphatic carbocycles. The number of nitrogens with one attached hydrogen (secondary N) is 1. The van der Waals surface area contributed by atoms with Gasteiger partial charge in [-0.25, -0.2) is 0 Å². The quantitative estimate of drug-likeness (QED) is 0.682. The smallest absolute Gasteiger partial charge is 0.259 e. The summed E-state index contributed by atoms with van der Waals surface area (Å²) in [6.07, 6.45) is 0.751. The van der Waals surface area contributed by atoms with Crippen molar-refractivity contribution in [1.82, 2.24) is 5.32 Å². The summed E-state index contributed by atoms with van der Waals surface area (Å²) in [6, 6.07) is 17.3. The summed E-state index contributed by atoms with van der Waals surface area (Å²) in [7, 11) is 1.65. The van der Waals surface area contributed by atoms with Gasteiger partial charge in [-0.15, -0.1) is 0 Å². The number of carbonyl (C=O) groups is 2. The Morgan fingerprint density at radius 2 is 1.90 bits per heavy atom. The Morgan fingerprint density at radius 3 is 2.59 bits per heavy atom. The number of hydrogen-bond donors (Lipinski definition) is 1. The third-order valence-corrected chi connectivity index (χ3v) is 5.52. The lowest BCUT2D eigenvalue weighted by atomic mass is 10.0. The fraction of sp³-hybridized carbons (Fsp3) is 0.250. The van der Waals surface area contributed by atoms with E-state index in [9.17, 15) is 9.59 Å². The lowest BCUT2D eigenvalue weighted by Crippen LogP contribution is -2.40. The first-order valence-corrected chi connectivity index (χ1v) is 9.81. The van der Waals surface area contributed by atoms with Gasteiger partial charge in [0.25, 0.3) is 5.91 Å². The van der Waals surface area contributed by atoms with E-state index in [1.807, 2.05) is 68.4 Å². The zero-order chi connectivity index (χ0) is 20.5. The second kappa shape index (κ2) is 7.59. The van der Waals surface area contributed by atoms with Crippen molar-refractivity contribution in [3.8, 4) is 5.75 Å². The molecule has 29 heavy (non-hydrogen) atoms. The molecule has 0 spiro atoms. The minimum atomic E-state index is -0.177. The van der Waals surface area contributed by atoms with Crippen LogP contribution < -0.4 is 15.0 Å². The standard InChI is InChI=1S/C24H24N2O3/c1-4-19(17-11-12-21(29-3)15(2)13-17)25-22(27)14-26-20-10-6-8-16-7-5-9-18(23(16)20)24(26)28/h5-13,19H,4,14H2,1-3H3,(H,25,27)/t19-/m0/s1. The Hall–Kier alpha value is -3.34. The molecule has 1 aliphatic heterocycles. The van der Waals surface area contributed by atoms with Gasteiger partial charge in [0.2, 0.25) is 5.91 Å². The number of nitrogens with zero attached hydrogens (tertiary/aromatic N) is 1. The fourth-order valence-electron chi connectivity index (χ4n) is 4.06. The summed E-state index contributed by atoms with van der Waals surface area (Å²) >= 11 is 0. The number of rotatable bonds is 6. The molecular weight excluding hydrogens is 364 g/mol. The number of carbonyl (C=O) groups excluding carboxylic acids is 2. The van der Waals surface area contributed by atoms with Gasteiger partial charge in [0.1, 0.15) is 12.3 Å². The first-order chi connectivity index (χ1) is 14.0. The second-order valence-electron chi connectivity index (χ2n) is 7.33. The van der Waals surface area contributed by atoms with Crippen LogP contribution in [-0.2, 0) is 4.79 Å². The molecule has 5 heteroatoms. The van der Waals surface area contributed by atoms with E-state index in [0.717, 1.165) is 39.8 Å². The number of hydrogen-bond acceptors (Lipinski definition) is 3. The summed E-state index contributed by atoms with van der Waals surface area (Å²) in [5.74, 6) is 0.521. The number of ether oxygens (including phenoxy) is 1. The summed E-state index contributed by atoms with van der Waals surface area (Å²) in [4.78, 5) is 27.3. The lowest BCUT2D eigenvalue weighted by molar-refractivity contribution is -0.120. The Balaban J connectivity index is 1.53. The van der Waals surface area contributed by atoms with E-state index in [1.165, 1.54) is 0 Å². The molecule has 0 saturated carbocycles. The molecule has 0 aromatic heterocycles. The topological polar surface area (TPSA) is 58.6 Å². The van der Waals surface area contributed by atoms with Gasteiger partial charge in [-0.3, -0.25) is 14.5 Å². The molecule has 0 radical (unpaired) electrons. The zero-order valence-corrected chi connectivity index (χ0v) is 16.9. The van der Waals surface area contributed by atoms with E-state index in [4.69, 9.17) is 4.74 Å². The molecule has 4 rings (SSSR count). The summed E-state index contributed by atoms with van der Waals surface area (Å²) in [6.45, 7) is 4.01. The van der Waals surface area contributed by atoms with Crippen molar-refractivity contribution in [2.24, 2.45) is 0 Å². The molecule has 1 atom stereocenters.